The summed E-state index contributed by atoms with van der Waals surface area (Å²) >= 11 is 0. The van der Waals surface area contributed by atoms with Crippen LogP contribution in [0.15, 0.2) is 40.8 Å². The average Bonchev–Trinajstić information content (AvgIpc) is 3.02. The minimum absolute atomic E-state index is 0.0479. The third-order valence-corrected chi connectivity index (χ3v) is 3.54. The second-order valence-electron chi connectivity index (χ2n) is 5.44. The molecule has 8 nitrogen and oxygen atoms in total. The Morgan fingerprint density at radius 2 is 1.69 bits per heavy atom. The van der Waals surface area contributed by atoms with Crippen LogP contribution in [0.1, 0.15) is 17.3 Å². The Morgan fingerprint density at radius 1 is 1.00 bits per heavy atom. The summed E-state index contributed by atoms with van der Waals surface area (Å²) in [6.07, 6.45) is 0. The molecule has 26 heavy (non-hydrogen) atoms. The molecule has 0 aliphatic heterocycles. The van der Waals surface area contributed by atoms with Gasteiger partial charge in [-0.3, -0.25) is 14.9 Å². The van der Waals surface area contributed by atoms with Crippen molar-refractivity contribution >= 4 is 34.6 Å². The lowest BCUT2D eigenvalue weighted by Gasteiger charge is -2.07. The van der Waals surface area contributed by atoms with Crippen LogP contribution in [0, 0.1) is 0 Å². The van der Waals surface area contributed by atoms with E-state index in [2.05, 4.69) is 15.6 Å². The molecular weight excluding hydrogens is 338 g/mol. The summed E-state index contributed by atoms with van der Waals surface area (Å²) in [5.41, 5.74) is 1.91. The Bertz CT molecular complexity index is 958. The molecule has 2 aromatic carbocycles. The first kappa shape index (κ1) is 17.3. The van der Waals surface area contributed by atoms with Gasteiger partial charge in [0.05, 0.1) is 14.2 Å². The molecule has 2 amide bonds. The number of methoxy groups -OCH3 is 2. The van der Waals surface area contributed by atoms with Gasteiger partial charge in [-0.2, -0.15) is 4.98 Å². The molecule has 134 valence electrons. The van der Waals surface area contributed by atoms with Gasteiger partial charge in [0.1, 0.15) is 17.0 Å². The van der Waals surface area contributed by atoms with Crippen LogP contribution in [-0.2, 0) is 4.79 Å². The maximum absolute atomic E-state index is 12.5. The number of fused-ring (bicyclic) bond motifs is 1. The van der Waals surface area contributed by atoms with Crippen LogP contribution >= 0.6 is 0 Å². The number of oxazole rings is 1. The van der Waals surface area contributed by atoms with Gasteiger partial charge >= 0.3 is 6.01 Å². The number of aromatic nitrogens is 1. The third kappa shape index (κ3) is 3.75. The van der Waals surface area contributed by atoms with E-state index < -0.39 is 5.91 Å². The Balaban J connectivity index is 1.84. The summed E-state index contributed by atoms with van der Waals surface area (Å²) < 4.78 is 15.9. The van der Waals surface area contributed by atoms with E-state index in [1.54, 1.807) is 36.4 Å². The first-order valence-electron chi connectivity index (χ1n) is 7.71. The van der Waals surface area contributed by atoms with E-state index in [1.165, 1.54) is 21.1 Å². The Labute approximate surface area is 149 Å². The summed E-state index contributed by atoms with van der Waals surface area (Å²) in [6.45, 7) is 1.42. The van der Waals surface area contributed by atoms with Gasteiger partial charge in [-0.1, -0.05) is 0 Å². The van der Waals surface area contributed by atoms with E-state index in [0.29, 0.717) is 33.8 Å². The van der Waals surface area contributed by atoms with Crippen LogP contribution in [0.25, 0.3) is 11.1 Å². The van der Waals surface area contributed by atoms with Gasteiger partial charge in [0, 0.05) is 30.3 Å². The lowest BCUT2D eigenvalue weighted by Crippen LogP contribution is -2.12. The fourth-order valence-electron chi connectivity index (χ4n) is 2.37. The van der Waals surface area contributed by atoms with Crippen LogP contribution in [0.4, 0.5) is 11.7 Å². The van der Waals surface area contributed by atoms with Crippen molar-refractivity contribution in [1.82, 2.24) is 4.98 Å². The van der Waals surface area contributed by atoms with Crippen molar-refractivity contribution in [2.45, 2.75) is 6.92 Å². The molecule has 0 fully saturated rings. The minimum atomic E-state index is -0.421. The highest BCUT2D eigenvalue weighted by molar-refractivity contribution is 6.04. The number of ether oxygens (including phenoxy) is 2. The van der Waals surface area contributed by atoms with Crippen molar-refractivity contribution in [1.29, 1.82) is 0 Å². The number of rotatable bonds is 5. The monoisotopic (exact) mass is 355 g/mol. The predicted octanol–water partition coefficient (Wildman–Crippen LogP) is 3.06. The largest absolute Gasteiger partial charge is 0.497 e. The lowest BCUT2D eigenvalue weighted by molar-refractivity contribution is -0.114. The van der Waals surface area contributed by atoms with Crippen molar-refractivity contribution in [3.8, 4) is 11.5 Å². The number of benzene rings is 2. The number of hydrogen-bond donors (Lipinski definition) is 2. The summed E-state index contributed by atoms with van der Waals surface area (Å²) in [7, 11) is 3.01. The number of amides is 2. The Kier molecular flexibility index (Phi) is 4.74. The molecular formula is C18H17N3O5. The molecule has 2 N–H and O–H groups in total. The molecule has 0 saturated carbocycles. The third-order valence-electron chi connectivity index (χ3n) is 3.54. The minimum Gasteiger partial charge on any atom is -0.497 e. The molecule has 0 unspecified atom stereocenters. The number of carbonyl (C=O) groups excluding carboxylic acids is 2. The second kappa shape index (κ2) is 7.14. The predicted molar refractivity (Wildman–Crippen MR) is 95.8 cm³/mol. The zero-order valence-electron chi connectivity index (χ0n) is 14.5. The van der Waals surface area contributed by atoms with Gasteiger partial charge in [-0.25, -0.2) is 0 Å². The number of anilines is 2. The molecule has 0 aliphatic rings. The quantitative estimate of drug-likeness (QED) is 0.729. The molecule has 0 spiro atoms. The molecule has 3 rings (SSSR count). The van der Waals surface area contributed by atoms with Gasteiger partial charge in [-0.05, 0) is 24.3 Å². The standard InChI is InChI=1S/C18H17N3O5/c1-10(22)19-12-4-5-15-16(8-12)26-18(20-15)21-17(23)11-6-13(24-2)9-14(7-11)25-3/h4-9H,1-3H3,(H,19,22)(H,20,21,23). The molecule has 0 aliphatic carbocycles. The number of hydrogen-bond acceptors (Lipinski definition) is 6. The normalized spacial score (nSPS) is 10.4. The van der Waals surface area contributed by atoms with Crippen molar-refractivity contribution < 1.29 is 23.5 Å². The summed E-state index contributed by atoms with van der Waals surface area (Å²) in [5, 5.41) is 5.25. The van der Waals surface area contributed by atoms with Crippen molar-refractivity contribution in [2.75, 3.05) is 24.9 Å². The van der Waals surface area contributed by atoms with Crippen LogP contribution in [0.5, 0.6) is 11.5 Å². The number of nitrogens with zero attached hydrogens (tertiary/aromatic N) is 1. The highest BCUT2D eigenvalue weighted by Crippen LogP contribution is 2.25. The lowest BCUT2D eigenvalue weighted by atomic mass is 10.2. The molecule has 0 radical (unpaired) electrons. The SMILES string of the molecule is COc1cc(OC)cc(C(=O)Nc2nc3ccc(NC(C)=O)cc3o2)c1. The van der Waals surface area contributed by atoms with E-state index in [-0.39, 0.29) is 11.9 Å². The topological polar surface area (TPSA) is 103 Å². The molecule has 1 aromatic heterocycles. The fraction of sp³-hybridized carbons (Fsp3) is 0.167. The van der Waals surface area contributed by atoms with E-state index in [9.17, 15) is 9.59 Å². The second-order valence-corrected chi connectivity index (χ2v) is 5.44. The highest BCUT2D eigenvalue weighted by Gasteiger charge is 2.14. The van der Waals surface area contributed by atoms with Crippen molar-refractivity contribution in [2.24, 2.45) is 0 Å². The molecule has 1 heterocycles. The van der Waals surface area contributed by atoms with Crippen LogP contribution in [0.3, 0.4) is 0 Å². The van der Waals surface area contributed by atoms with Crippen molar-refractivity contribution in [3.63, 3.8) is 0 Å². The number of carbonyl (C=O) groups is 2. The van der Waals surface area contributed by atoms with Crippen LogP contribution in [0.2, 0.25) is 0 Å². The Hall–Kier alpha value is -3.55. The van der Waals surface area contributed by atoms with Crippen LogP contribution < -0.4 is 20.1 Å². The maximum atomic E-state index is 12.5. The Morgan fingerprint density at radius 3 is 2.31 bits per heavy atom. The number of nitrogens with one attached hydrogen (secondary N) is 2. The van der Waals surface area contributed by atoms with E-state index in [0.717, 1.165) is 0 Å². The summed E-state index contributed by atoms with van der Waals surface area (Å²) in [5.74, 6) is 0.374. The zero-order valence-corrected chi connectivity index (χ0v) is 14.5. The van der Waals surface area contributed by atoms with Gasteiger partial charge in [0.2, 0.25) is 5.91 Å². The van der Waals surface area contributed by atoms with Gasteiger partial charge in [0.25, 0.3) is 5.91 Å². The highest BCUT2D eigenvalue weighted by atomic mass is 16.5. The summed E-state index contributed by atoms with van der Waals surface area (Å²) in [4.78, 5) is 27.8. The van der Waals surface area contributed by atoms with Gasteiger partial charge in [-0.15, -0.1) is 0 Å². The van der Waals surface area contributed by atoms with E-state index >= 15 is 0 Å². The first-order valence-corrected chi connectivity index (χ1v) is 7.71. The van der Waals surface area contributed by atoms with Crippen molar-refractivity contribution in [3.05, 3.63) is 42.0 Å². The molecule has 3 aromatic rings. The smallest absolute Gasteiger partial charge is 0.302 e. The molecule has 0 bridgehead atoms. The van der Waals surface area contributed by atoms with Gasteiger partial charge in [0.15, 0.2) is 5.58 Å². The van der Waals surface area contributed by atoms with Gasteiger partial charge < -0.3 is 19.2 Å². The average molecular weight is 355 g/mol. The van der Waals surface area contributed by atoms with Crippen LogP contribution in [-0.4, -0.2) is 31.0 Å². The van der Waals surface area contributed by atoms with E-state index in [4.69, 9.17) is 13.9 Å². The van der Waals surface area contributed by atoms with E-state index in [1.807, 2.05) is 0 Å². The molecule has 0 saturated heterocycles. The fourth-order valence-corrected chi connectivity index (χ4v) is 2.37. The summed E-state index contributed by atoms with van der Waals surface area (Å²) in [6, 6.07) is 9.89. The molecule has 8 heteroatoms. The first-order chi connectivity index (χ1) is 12.5. The maximum Gasteiger partial charge on any atom is 0.302 e. The zero-order chi connectivity index (χ0) is 18.7. The molecule has 0 atom stereocenters.